The summed E-state index contributed by atoms with van der Waals surface area (Å²) >= 11 is 0. The van der Waals surface area contributed by atoms with Gasteiger partial charge in [-0.3, -0.25) is 0 Å². The van der Waals surface area contributed by atoms with Crippen LogP contribution in [0.5, 0.6) is 5.75 Å². The van der Waals surface area contributed by atoms with E-state index in [2.05, 4.69) is 34.7 Å². The summed E-state index contributed by atoms with van der Waals surface area (Å²) in [6.45, 7) is 6.58. The molecule has 0 atom stereocenters. The highest BCUT2D eigenvalue weighted by molar-refractivity contribution is 5.67. The predicted molar refractivity (Wildman–Crippen MR) is 133 cm³/mol. The number of hydrogen-bond donors (Lipinski definition) is 3. The third-order valence-corrected chi connectivity index (χ3v) is 4.90. The molecule has 6 nitrogen and oxygen atoms in total. The van der Waals surface area contributed by atoms with Crippen LogP contribution < -0.4 is 15.8 Å². The molecule has 6 heteroatoms. The van der Waals surface area contributed by atoms with Crippen LogP contribution in [-0.4, -0.2) is 17.0 Å². The minimum Gasteiger partial charge on any atom is -0.489 e. The lowest BCUT2D eigenvalue weighted by Gasteiger charge is -2.12. The third kappa shape index (κ3) is 7.12. The molecule has 1 aromatic heterocycles. The molecular formula is C27H31N3O3. The van der Waals surface area contributed by atoms with Crippen molar-refractivity contribution in [2.24, 2.45) is 0 Å². The highest BCUT2D eigenvalue weighted by Gasteiger charge is 2.18. The molecule has 172 valence electrons. The van der Waals surface area contributed by atoms with E-state index >= 15 is 0 Å². The van der Waals surface area contributed by atoms with Crippen LogP contribution in [0.4, 0.5) is 11.5 Å². The zero-order chi connectivity index (χ0) is 23.7. The first-order valence-corrected chi connectivity index (χ1v) is 10.8. The number of benzene rings is 3. The van der Waals surface area contributed by atoms with Crippen molar-refractivity contribution in [1.82, 2.24) is 5.16 Å². The van der Waals surface area contributed by atoms with Crippen molar-refractivity contribution in [1.29, 1.82) is 0 Å². The molecule has 4 aromatic rings. The largest absolute Gasteiger partial charge is 0.489 e. The first-order valence-electron chi connectivity index (χ1n) is 10.8. The van der Waals surface area contributed by atoms with E-state index in [-0.39, 0.29) is 12.1 Å². The van der Waals surface area contributed by atoms with E-state index in [0.29, 0.717) is 12.4 Å². The van der Waals surface area contributed by atoms with Crippen molar-refractivity contribution in [3.05, 3.63) is 96.3 Å². The number of nitrogens with two attached hydrogens (primary N) is 1. The Bertz CT molecular complexity index is 1120. The van der Waals surface area contributed by atoms with E-state index in [1.807, 2.05) is 75.4 Å². The quantitative estimate of drug-likeness (QED) is 0.322. The van der Waals surface area contributed by atoms with Gasteiger partial charge in [-0.1, -0.05) is 80.5 Å². The minimum atomic E-state index is -0.0787. The number of nitrogens with one attached hydrogen (secondary N) is 1. The van der Waals surface area contributed by atoms with Crippen LogP contribution in [0.3, 0.4) is 0 Å². The molecule has 4 rings (SSSR count). The van der Waals surface area contributed by atoms with E-state index in [9.17, 15) is 0 Å². The summed E-state index contributed by atoms with van der Waals surface area (Å²) in [5, 5.41) is 15.3. The molecule has 0 unspecified atom stereocenters. The topological polar surface area (TPSA) is 93.5 Å². The number of nitrogens with zero attached hydrogens (tertiary/aromatic N) is 1. The van der Waals surface area contributed by atoms with E-state index in [0.717, 1.165) is 22.8 Å². The van der Waals surface area contributed by atoms with Gasteiger partial charge in [0.15, 0.2) is 5.82 Å². The second-order valence-electron chi connectivity index (χ2n) is 8.54. The molecule has 3 aromatic carbocycles. The number of aliphatic hydroxyl groups is 1. The second kappa shape index (κ2) is 11.2. The van der Waals surface area contributed by atoms with Crippen molar-refractivity contribution in [2.45, 2.75) is 32.8 Å². The Morgan fingerprint density at radius 1 is 0.939 bits per heavy atom. The summed E-state index contributed by atoms with van der Waals surface area (Å²) in [5.41, 5.74) is 9.77. The molecule has 0 fully saturated rings. The molecule has 0 spiro atoms. The number of ether oxygens (including phenoxy) is 1. The Balaban J connectivity index is 0.000000257. The van der Waals surface area contributed by atoms with Crippen LogP contribution in [0.2, 0.25) is 0 Å². The lowest BCUT2D eigenvalue weighted by atomic mass is 9.93. The zero-order valence-corrected chi connectivity index (χ0v) is 19.3. The average molecular weight is 446 g/mol. The van der Waals surface area contributed by atoms with Crippen LogP contribution in [0.15, 0.2) is 89.5 Å². The summed E-state index contributed by atoms with van der Waals surface area (Å²) in [4.78, 5) is 0. The van der Waals surface area contributed by atoms with Crippen LogP contribution in [-0.2, 0) is 12.0 Å². The highest BCUT2D eigenvalue weighted by Crippen LogP contribution is 2.25. The van der Waals surface area contributed by atoms with Gasteiger partial charge in [0, 0.05) is 17.2 Å². The lowest BCUT2D eigenvalue weighted by molar-refractivity contribution is 0.306. The number of rotatable bonds is 6. The SMILES string of the molecule is CC(C)(C)c1cc(N)no1.OCNc1ccc(OCc2ccccc2-c2ccccc2)cc1. The van der Waals surface area contributed by atoms with Crippen LogP contribution in [0, 0.1) is 0 Å². The molecule has 0 bridgehead atoms. The van der Waals surface area contributed by atoms with Crippen molar-refractivity contribution >= 4 is 11.5 Å². The maximum absolute atomic E-state index is 8.84. The molecule has 0 saturated heterocycles. The van der Waals surface area contributed by atoms with E-state index in [1.165, 1.54) is 11.1 Å². The summed E-state index contributed by atoms with van der Waals surface area (Å²) in [6.07, 6.45) is 0. The number of nitrogen functional groups attached to an aromatic ring is 1. The maximum Gasteiger partial charge on any atom is 0.167 e. The van der Waals surface area contributed by atoms with Crippen molar-refractivity contribution in [2.75, 3.05) is 17.8 Å². The van der Waals surface area contributed by atoms with Crippen molar-refractivity contribution in [3.63, 3.8) is 0 Å². The molecule has 0 aliphatic heterocycles. The molecule has 0 amide bonds. The fourth-order valence-electron chi connectivity index (χ4n) is 3.11. The van der Waals surface area contributed by atoms with E-state index < -0.39 is 0 Å². The van der Waals surface area contributed by atoms with Crippen LogP contribution in [0.1, 0.15) is 32.1 Å². The Kier molecular flexibility index (Phi) is 8.11. The molecule has 1 heterocycles. The Labute approximate surface area is 195 Å². The Morgan fingerprint density at radius 3 is 2.18 bits per heavy atom. The highest BCUT2D eigenvalue weighted by atomic mass is 16.5. The predicted octanol–water partition coefficient (Wildman–Crippen LogP) is 5.85. The average Bonchev–Trinajstić information content (AvgIpc) is 3.27. The fourth-order valence-corrected chi connectivity index (χ4v) is 3.11. The normalized spacial score (nSPS) is 10.8. The van der Waals surface area contributed by atoms with Gasteiger partial charge in [0.25, 0.3) is 0 Å². The summed E-state index contributed by atoms with van der Waals surface area (Å²) < 4.78 is 10.9. The Morgan fingerprint density at radius 2 is 1.61 bits per heavy atom. The van der Waals surface area contributed by atoms with Gasteiger partial charge in [-0.2, -0.15) is 0 Å². The van der Waals surface area contributed by atoms with Crippen molar-refractivity contribution < 1.29 is 14.4 Å². The van der Waals surface area contributed by atoms with Gasteiger partial charge in [-0.05, 0) is 41.0 Å². The van der Waals surface area contributed by atoms with Gasteiger partial charge in [0.1, 0.15) is 24.8 Å². The molecule has 0 saturated carbocycles. The molecule has 0 aliphatic rings. The lowest BCUT2D eigenvalue weighted by Crippen LogP contribution is -2.09. The molecular weight excluding hydrogens is 414 g/mol. The van der Waals surface area contributed by atoms with Gasteiger partial charge in [-0.25, -0.2) is 0 Å². The number of hydrogen-bond acceptors (Lipinski definition) is 6. The monoisotopic (exact) mass is 445 g/mol. The second-order valence-corrected chi connectivity index (χ2v) is 8.54. The number of aliphatic hydroxyl groups excluding tert-OH is 1. The molecule has 0 radical (unpaired) electrons. The van der Waals surface area contributed by atoms with Crippen molar-refractivity contribution in [3.8, 4) is 16.9 Å². The van der Waals surface area contributed by atoms with Gasteiger partial charge in [-0.15, -0.1) is 0 Å². The van der Waals surface area contributed by atoms with Gasteiger partial charge in [0.2, 0.25) is 0 Å². The number of aromatic nitrogens is 1. The number of anilines is 2. The third-order valence-electron chi connectivity index (χ3n) is 4.90. The Hall–Kier alpha value is -3.77. The molecule has 4 N–H and O–H groups in total. The zero-order valence-electron chi connectivity index (χ0n) is 19.3. The standard InChI is InChI=1S/C20H19NO2.C7H12N2O/c22-15-21-18-10-12-19(13-11-18)23-14-17-8-4-5-9-20(17)16-6-2-1-3-7-16;1-7(2,3)5-4-6(8)9-10-5/h1-13,21-22H,14-15H2;4H,1-3H3,(H2,8,9). The summed E-state index contributed by atoms with van der Waals surface area (Å²) in [5.74, 6) is 2.08. The van der Waals surface area contributed by atoms with Crippen LogP contribution >= 0.6 is 0 Å². The van der Waals surface area contributed by atoms with Gasteiger partial charge < -0.3 is 25.4 Å². The smallest absolute Gasteiger partial charge is 0.167 e. The molecule has 33 heavy (non-hydrogen) atoms. The van der Waals surface area contributed by atoms with Crippen LogP contribution in [0.25, 0.3) is 11.1 Å². The van der Waals surface area contributed by atoms with E-state index in [1.54, 1.807) is 6.07 Å². The summed E-state index contributed by atoms with van der Waals surface area (Å²) in [6, 6.07) is 27.9. The first kappa shape index (κ1) is 23.9. The van der Waals surface area contributed by atoms with Gasteiger partial charge in [0.05, 0.1) is 0 Å². The minimum absolute atomic E-state index is 0.00458. The van der Waals surface area contributed by atoms with E-state index in [4.69, 9.17) is 20.1 Å². The first-order chi connectivity index (χ1) is 15.9. The maximum atomic E-state index is 8.84. The summed E-state index contributed by atoms with van der Waals surface area (Å²) in [7, 11) is 0. The molecule has 0 aliphatic carbocycles. The van der Waals surface area contributed by atoms with Gasteiger partial charge >= 0.3 is 0 Å². The fraction of sp³-hybridized carbons (Fsp3) is 0.222.